The van der Waals surface area contributed by atoms with Crippen molar-refractivity contribution in [1.82, 2.24) is 15.3 Å². The van der Waals surface area contributed by atoms with E-state index in [9.17, 15) is 0 Å². The van der Waals surface area contributed by atoms with Crippen molar-refractivity contribution in [3.63, 3.8) is 0 Å². The number of rotatable bonds is 6. The van der Waals surface area contributed by atoms with Crippen molar-refractivity contribution in [3.8, 4) is 5.75 Å². The molecule has 0 unspecified atom stereocenters. The summed E-state index contributed by atoms with van der Waals surface area (Å²) in [7, 11) is 0. The number of aryl methyl sites for hydroxylation is 1. The Labute approximate surface area is 197 Å². The lowest BCUT2D eigenvalue weighted by atomic mass is 9.73. The van der Waals surface area contributed by atoms with Gasteiger partial charge < -0.3 is 15.0 Å². The van der Waals surface area contributed by atoms with E-state index in [1.807, 2.05) is 12.3 Å². The van der Waals surface area contributed by atoms with E-state index in [2.05, 4.69) is 84.5 Å². The van der Waals surface area contributed by atoms with Crippen molar-refractivity contribution >= 4 is 5.95 Å². The van der Waals surface area contributed by atoms with Crippen LogP contribution in [0.15, 0.2) is 60.8 Å². The first-order chi connectivity index (χ1) is 15.9. The number of nitrogens with zero attached hydrogens (tertiary/aromatic N) is 3. The standard InChI is InChI=1S/C28H34N4O/c1-21-4-6-22(7-5-21)27(2,3)23-8-10-25(11-9-23)33-18-24-12-15-30-26(31-24)32-16-13-28(14-17-32)19-29-20-28/h4-12,15,29H,13-14,16-20H2,1-3H3. The number of benzene rings is 2. The molecule has 3 aromatic rings. The molecule has 0 bridgehead atoms. The van der Waals surface area contributed by atoms with Gasteiger partial charge >= 0.3 is 0 Å². The van der Waals surface area contributed by atoms with Gasteiger partial charge in [0.05, 0.1) is 5.69 Å². The van der Waals surface area contributed by atoms with Gasteiger partial charge in [-0.3, -0.25) is 0 Å². The zero-order valence-electron chi connectivity index (χ0n) is 20.0. The molecule has 2 fully saturated rings. The summed E-state index contributed by atoms with van der Waals surface area (Å²) in [6.45, 7) is 11.5. The van der Waals surface area contributed by atoms with Crippen LogP contribution in [0.1, 0.15) is 49.1 Å². The zero-order valence-corrected chi connectivity index (χ0v) is 20.0. The summed E-state index contributed by atoms with van der Waals surface area (Å²) >= 11 is 0. The molecule has 33 heavy (non-hydrogen) atoms. The van der Waals surface area contributed by atoms with Crippen LogP contribution in [0.3, 0.4) is 0 Å². The minimum atomic E-state index is -0.0592. The smallest absolute Gasteiger partial charge is 0.225 e. The van der Waals surface area contributed by atoms with Crippen molar-refractivity contribution in [3.05, 3.63) is 83.2 Å². The molecule has 172 valence electrons. The topological polar surface area (TPSA) is 50.3 Å². The predicted octanol–water partition coefficient (Wildman–Crippen LogP) is 4.88. The van der Waals surface area contributed by atoms with E-state index in [1.54, 1.807) is 0 Å². The van der Waals surface area contributed by atoms with E-state index < -0.39 is 0 Å². The molecule has 5 heteroatoms. The van der Waals surface area contributed by atoms with E-state index in [0.717, 1.165) is 43.6 Å². The lowest BCUT2D eigenvalue weighted by Crippen LogP contribution is -2.58. The van der Waals surface area contributed by atoms with Crippen LogP contribution >= 0.6 is 0 Å². The fraction of sp³-hybridized carbons (Fsp3) is 0.429. The minimum absolute atomic E-state index is 0.0592. The maximum absolute atomic E-state index is 6.07. The number of anilines is 1. The molecular formula is C28H34N4O. The van der Waals surface area contributed by atoms with Gasteiger partial charge in [-0.25, -0.2) is 9.97 Å². The van der Waals surface area contributed by atoms with Crippen molar-refractivity contribution in [2.75, 3.05) is 31.1 Å². The highest BCUT2D eigenvalue weighted by molar-refractivity contribution is 5.41. The Morgan fingerprint density at radius 1 is 0.939 bits per heavy atom. The molecule has 3 heterocycles. The monoisotopic (exact) mass is 442 g/mol. The number of ether oxygens (including phenoxy) is 1. The molecule has 0 aliphatic carbocycles. The highest BCUT2D eigenvalue weighted by Gasteiger charge is 2.40. The first-order valence-corrected chi connectivity index (χ1v) is 12.0. The second-order valence-corrected chi connectivity index (χ2v) is 10.2. The Morgan fingerprint density at radius 3 is 2.18 bits per heavy atom. The van der Waals surface area contributed by atoms with Crippen LogP contribution in [0.25, 0.3) is 0 Å². The van der Waals surface area contributed by atoms with Gasteiger partial charge in [0.25, 0.3) is 0 Å². The van der Waals surface area contributed by atoms with Gasteiger partial charge in [-0.2, -0.15) is 0 Å². The van der Waals surface area contributed by atoms with Crippen molar-refractivity contribution in [2.24, 2.45) is 5.41 Å². The molecule has 0 atom stereocenters. The molecule has 0 amide bonds. The Morgan fingerprint density at radius 2 is 1.58 bits per heavy atom. The summed E-state index contributed by atoms with van der Waals surface area (Å²) in [4.78, 5) is 11.6. The molecule has 5 rings (SSSR count). The van der Waals surface area contributed by atoms with Crippen LogP contribution in [0.4, 0.5) is 5.95 Å². The second kappa shape index (κ2) is 8.79. The van der Waals surface area contributed by atoms with E-state index in [1.165, 1.54) is 29.5 Å². The third kappa shape index (κ3) is 4.60. The molecule has 5 nitrogen and oxygen atoms in total. The van der Waals surface area contributed by atoms with Crippen molar-refractivity contribution in [1.29, 1.82) is 0 Å². The molecule has 2 saturated heterocycles. The van der Waals surface area contributed by atoms with Gasteiger partial charge in [0.15, 0.2) is 0 Å². The number of hydrogen-bond acceptors (Lipinski definition) is 5. The lowest BCUT2D eigenvalue weighted by molar-refractivity contribution is 0.126. The highest BCUT2D eigenvalue weighted by atomic mass is 16.5. The van der Waals surface area contributed by atoms with E-state index in [4.69, 9.17) is 9.72 Å². The molecule has 2 aliphatic rings. The number of nitrogens with one attached hydrogen (secondary N) is 1. The summed E-state index contributed by atoms with van der Waals surface area (Å²) in [5.74, 6) is 1.68. The Kier molecular flexibility index (Phi) is 5.83. The summed E-state index contributed by atoms with van der Waals surface area (Å²) in [6, 6.07) is 19.2. The predicted molar refractivity (Wildman–Crippen MR) is 133 cm³/mol. The SMILES string of the molecule is Cc1ccc(C(C)(C)c2ccc(OCc3ccnc(N4CCC5(CC4)CNC5)n3)cc2)cc1. The van der Waals surface area contributed by atoms with Crippen molar-refractivity contribution in [2.45, 2.75) is 45.6 Å². The first kappa shape index (κ1) is 21.9. The molecule has 1 aromatic heterocycles. The third-order valence-corrected chi connectivity index (χ3v) is 7.54. The largest absolute Gasteiger partial charge is 0.487 e. The summed E-state index contributed by atoms with van der Waals surface area (Å²) in [5, 5.41) is 3.42. The van der Waals surface area contributed by atoms with Gasteiger partial charge in [-0.1, -0.05) is 55.8 Å². The Balaban J connectivity index is 1.20. The average molecular weight is 443 g/mol. The number of piperidine rings is 1. The fourth-order valence-electron chi connectivity index (χ4n) is 4.89. The minimum Gasteiger partial charge on any atom is -0.487 e. The van der Waals surface area contributed by atoms with E-state index in [-0.39, 0.29) is 5.41 Å². The van der Waals surface area contributed by atoms with Crippen LogP contribution in [-0.4, -0.2) is 36.1 Å². The molecule has 2 aromatic carbocycles. The molecule has 0 radical (unpaired) electrons. The summed E-state index contributed by atoms with van der Waals surface area (Å²) < 4.78 is 6.07. The fourth-order valence-corrected chi connectivity index (χ4v) is 4.89. The lowest BCUT2D eigenvalue weighted by Gasteiger charge is -2.48. The van der Waals surface area contributed by atoms with Gasteiger partial charge in [0.1, 0.15) is 12.4 Å². The normalized spacial score (nSPS) is 17.6. The first-order valence-electron chi connectivity index (χ1n) is 12.0. The van der Waals surface area contributed by atoms with Gasteiger partial charge in [0, 0.05) is 37.8 Å². The molecular weight excluding hydrogens is 408 g/mol. The molecule has 2 aliphatic heterocycles. The van der Waals surface area contributed by atoms with Crippen LogP contribution in [0, 0.1) is 12.3 Å². The maximum Gasteiger partial charge on any atom is 0.225 e. The highest BCUT2D eigenvalue weighted by Crippen LogP contribution is 2.36. The third-order valence-electron chi connectivity index (χ3n) is 7.54. The van der Waals surface area contributed by atoms with Crippen LogP contribution < -0.4 is 15.0 Å². The van der Waals surface area contributed by atoms with Gasteiger partial charge in [0.2, 0.25) is 5.95 Å². The Bertz CT molecular complexity index is 1080. The summed E-state index contributed by atoms with van der Waals surface area (Å²) in [5.41, 5.74) is 5.24. The van der Waals surface area contributed by atoms with E-state index >= 15 is 0 Å². The van der Waals surface area contributed by atoms with E-state index in [0.29, 0.717) is 12.0 Å². The zero-order chi connectivity index (χ0) is 22.9. The Hall–Kier alpha value is -2.92. The van der Waals surface area contributed by atoms with Crippen LogP contribution in [-0.2, 0) is 12.0 Å². The quantitative estimate of drug-likeness (QED) is 0.590. The van der Waals surface area contributed by atoms with Gasteiger partial charge in [-0.05, 0) is 54.5 Å². The number of hydrogen-bond donors (Lipinski definition) is 1. The maximum atomic E-state index is 6.07. The molecule has 1 N–H and O–H groups in total. The molecule has 0 saturated carbocycles. The van der Waals surface area contributed by atoms with Crippen molar-refractivity contribution < 1.29 is 4.74 Å². The average Bonchev–Trinajstić information content (AvgIpc) is 2.82. The van der Waals surface area contributed by atoms with Crippen LogP contribution in [0.5, 0.6) is 5.75 Å². The molecule has 1 spiro atoms. The summed E-state index contributed by atoms with van der Waals surface area (Å²) in [6.07, 6.45) is 4.29. The van der Waals surface area contributed by atoms with Crippen LogP contribution in [0.2, 0.25) is 0 Å². The number of aromatic nitrogens is 2. The second-order valence-electron chi connectivity index (χ2n) is 10.2. The van der Waals surface area contributed by atoms with Gasteiger partial charge in [-0.15, -0.1) is 0 Å².